The van der Waals surface area contributed by atoms with Gasteiger partial charge < -0.3 is 0 Å². The van der Waals surface area contributed by atoms with Crippen LogP contribution in [0.2, 0.25) is 0 Å². The van der Waals surface area contributed by atoms with Crippen molar-refractivity contribution in [3.8, 4) is 0 Å². The van der Waals surface area contributed by atoms with Gasteiger partial charge in [0, 0.05) is 0 Å². The van der Waals surface area contributed by atoms with E-state index >= 15 is 0 Å². The zero-order valence-corrected chi connectivity index (χ0v) is 22.8. The Bertz CT molecular complexity index is 826. The molecule has 3 heteroatoms. The van der Waals surface area contributed by atoms with E-state index in [2.05, 4.69) is 141 Å². The van der Waals surface area contributed by atoms with Crippen molar-refractivity contribution in [2.24, 2.45) is 0 Å². The number of hydrogen-bond donors (Lipinski definition) is 0. The number of unbranched alkanes of at least 4 members (excludes halogenated alkanes) is 5. The summed E-state index contributed by atoms with van der Waals surface area (Å²) in [4.78, 5) is 0. The van der Waals surface area contributed by atoms with Gasteiger partial charge in [-0.2, -0.15) is 0 Å². The molecule has 0 aliphatic heterocycles. The Morgan fingerprint density at radius 1 is 0.581 bits per heavy atom. The molecule has 3 aromatic rings. The zero-order chi connectivity index (χ0) is 21.9. The number of allylic oxidation sites excluding steroid dienone is 2. The molecule has 3 aromatic carbocycles. The molecule has 0 aliphatic rings. The molecule has 0 aromatic heterocycles. The number of benzene rings is 3. The summed E-state index contributed by atoms with van der Waals surface area (Å²) in [5.74, 6) is 0. The summed E-state index contributed by atoms with van der Waals surface area (Å²) in [6.07, 6.45) is 13.7. The maximum absolute atomic E-state index is 3.53. The number of alkyl halides is 1. The summed E-state index contributed by atoms with van der Waals surface area (Å²) in [5, 5.41) is 5.48. The van der Waals surface area contributed by atoms with Crippen molar-refractivity contribution in [2.45, 2.75) is 38.5 Å². The summed E-state index contributed by atoms with van der Waals surface area (Å²) in [7, 11) is 0. The second-order valence-electron chi connectivity index (χ2n) is 8.09. The van der Waals surface area contributed by atoms with Gasteiger partial charge in [-0.25, -0.2) is 0 Å². The van der Waals surface area contributed by atoms with Gasteiger partial charge >= 0.3 is 211 Å². The zero-order valence-electron chi connectivity index (χ0n) is 18.2. The van der Waals surface area contributed by atoms with Gasteiger partial charge in [0.1, 0.15) is 0 Å². The van der Waals surface area contributed by atoms with E-state index in [1.807, 2.05) is 0 Å². The number of hydrogen-bond acceptors (Lipinski definition) is 0. The normalized spacial score (nSPS) is 13.2. The molecule has 0 nitrogen and oxygen atoms in total. The molecule has 0 saturated carbocycles. The quantitative estimate of drug-likeness (QED) is 0.0641. The average Bonchev–Trinajstić information content (AvgIpc) is 2.84. The van der Waals surface area contributed by atoms with Crippen molar-refractivity contribution in [2.75, 3.05) is 11.5 Å². The molecule has 0 amide bonds. The van der Waals surface area contributed by atoms with Crippen molar-refractivity contribution < 1.29 is 0 Å². The van der Waals surface area contributed by atoms with E-state index in [0.717, 1.165) is 11.5 Å². The monoisotopic (exact) mass is 606 g/mol. The predicted molar refractivity (Wildman–Crippen MR) is 155 cm³/mol. The molecule has 0 heterocycles. The van der Waals surface area contributed by atoms with Crippen molar-refractivity contribution >= 4 is 58.1 Å². The van der Waals surface area contributed by atoms with E-state index < -0.39 is 4.25 Å². The summed E-state index contributed by atoms with van der Waals surface area (Å²) in [6, 6.07) is 33.5. The van der Waals surface area contributed by atoms with E-state index in [0.29, 0.717) is 0 Å². The summed E-state index contributed by atoms with van der Waals surface area (Å²) < 4.78 is -2.64. The number of halogens is 2. The third-order valence-corrected chi connectivity index (χ3v) is 17.8. The fraction of sp³-hybridized carbons (Fsp3) is 0.286. The third-order valence-electron chi connectivity index (χ3n) is 6.00. The molecule has 0 unspecified atom stereocenters. The van der Waals surface area contributed by atoms with Crippen molar-refractivity contribution in [1.82, 2.24) is 0 Å². The predicted octanol–water partition coefficient (Wildman–Crippen LogP) is 8.16. The first-order valence-corrected chi connectivity index (χ1v) is 17.6. The first-order chi connectivity index (χ1) is 15.2. The van der Waals surface area contributed by atoms with Crippen LogP contribution in [0.25, 0.3) is 0 Å². The molecular weight excluding hydrogens is 574 g/mol. The van der Waals surface area contributed by atoms with Crippen LogP contribution in [0.1, 0.15) is 38.5 Å². The molecular formula is C28H33BrIP. The molecule has 0 saturated heterocycles. The van der Waals surface area contributed by atoms with Crippen LogP contribution >= 0.6 is 42.2 Å². The SMILES string of the molecule is BrCCCCCCCC=CCP(I)(c1ccccc1)(c1ccccc1)c1ccccc1. The topological polar surface area (TPSA) is 0 Å². The van der Waals surface area contributed by atoms with E-state index in [-0.39, 0.29) is 0 Å². The maximum atomic E-state index is 3.53. The minimum absolute atomic E-state index is 1.05. The second-order valence-corrected chi connectivity index (χ2v) is 19.6. The second kappa shape index (κ2) is 12.3. The molecule has 0 bridgehead atoms. The van der Waals surface area contributed by atoms with Gasteiger partial charge in [0.05, 0.1) is 0 Å². The Labute approximate surface area is 210 Å². The number of rotatable bonds is 12. The fourth-order valence-corrected chi connectivity index (χ4v) is 12.7. The fourth-order valence-electron chi connectivity index (χ4n) is 4.26. The van der Waals surface area contributed by atoms with Crippen LogP contribution in [0.5, 0.6) is 0 Å². The van der Waals surface area contributed by atoms with Crippen LogP contribution in [0.4, 0.5) is 0 Å². The van der Waals surface area contributed by atoms with Gasteiger partial charge in [-0.1, -0.05) is 0 Å². The Hall–Kier alpha value is -0.960. The van der Waals surface area contributed by atoms with Gasteiger partial charge in [-0.3, -0.25) is 0 Å². The van der Waals surface area contributed by atoms with Gasteiger partial charge in [-0.15, -0.1) is 0 Å². The van der Waals surface area contributed by atoms with E-state index in [9.17, 15) is 0 Å². The van der Waals surface area contributed by atoms with Crippen molar-refractivity contribution in [3.63, 3.8) is 0 Å². The first kappa shape index (κ1) is 24.7. The van der Waals surface area contributed by atoms with E-state index in [1.165, 1.54) is 54.4 Å². The Kier molecular flexibility index (Phi) is 9.81. The Balaban J connectivity index is 1.93. The van der Waals surface area contributed by atoms with Crippen LogP contribution in [0, 0.1) is 0 Å². The van der Waals surface area contributed by atoms with Gasteiger partial charge in [-0.05, 0) is 0 Å². The molecule has 3 rings (SSSR count). The summed E-state index contributed by atoms with van der Waals surface area (Å²) in [5.41, 5.74) is 0. The molecule has 164 valence electrons. The molecule has 0 N–H and O–H groups in total. The van der Waals surface area contributed by atoms with Crippen LogP contribution in [-0.4, -0.2) is 11.5 Å². The van der Waals surface area contributed by atoms with Crippen molar-refractivity contribution in [3.05, 3.63) is 103 Å². The van der Waals surface area contributed by atoms with Crippen LogP contribution in [-0.2, 0) is 0 Å². The molecule has 31 heavy (non-hydrogen) atoms. The van der Waals surface area contributed by atoms with Gasteiger partial charge in [0.15, 0.2) is 0 Å². The van der Waals surface area contributed by atoms with E-state index in [1.54, 1.807) is 0 Å². The average molecular weight is 607 g/mol. The van der Waals surface area contributed by atoms with Crippen molar-refractivity contribution in [1.29, 1.82) is 0 Å². The van der Waals surface area contributed by atoms with Gasteiger partial charge in [0.2, 0.25) is 0 Å². The Morgan fingerprint density at radius 2 is 1.00 bits per heavy atom. The van der Waals surface area contributed by atoms with Crippen LogP contribution < -0.4 is 15.9 Å². The van der Waals surface area contributed by atoms with E-state index in [4.69, 9.17) is 0 Å². The first-order valence-electron chi connectivity index (χ1n) is 11.3. The summed E-state index contributed by atoms with van der Waals surface area (Å²) in [6.45, 7) is 0. The molecule has 0 spiro atoms. The third kappa shape index (κ3) is 5.89. The van der Waals surface area contributed by atoms with Gasteiger partial charge in [0.25, 0.3) is 0 Å². The minimum atomic E-state index is -2.64. The van der Waals surface area contributed by atoms with Crippen LogP contribution in [0.3, 0.4) is 0 Å². The summed E-state index contributed by atoms with van der Waals surface area (Å²) >= 11 is 6.39. The molecule has 0 atom stereocenters. The molecule has 0 aliphatic carbocycles. The molecule has 0 fully saturated rings. The standard InChI is InChI=1S/C28H33BrIP/c29-24-16-5-3-1-2-4-6-17-25-31(30,26-18-10-7-11-19-26,27-20-12-8-13-21-27)28-22-14-9-15-23-28/h6-15,17-23H,1-5,16,24-25H2. The molecule has 0 radical (unpaired) electrons. The Morgan fingerprint density at radius 3 is 1.45 bits per heavy atom. The van der Waals surface area contributed by atoms with Crippen LogP contribution in [0.15, 0.2) is 103 Å².